The highest BCUT2D eigenvalue weighted by Crippen LogP contribution is 2.27. The Balaban J connectivity index is 1.51. The van der Waals surface area contributed by atoms with Gasteiger partial charge in [-0.05, 0) is 48.7 Å². The van der Waals surface area contributed by atoms with E-state index in [1.165, 1.54) is 5.56 Å². The Bertz CT molecular complexity index is 925. The third kappa shape index (κ3) is 4.03. The van der Waals surface area contributed by atoms with Gasteiger partial charge in [0.15, 0.2) is 0 Å². The molecule has 1 aromatic carbocycles. The van der Waals surface area contributed by atoms with Gasteiger partial charge in [0.25, 0.3) is 5.91 Å². The molecule has 3 heterocycles. The first kappa shape index (κ1) is 17.7. The highest BCUT2D eigenvalue weighted by Gasteiger charge is 2.28. The predicted molar refractivity (Wildman–Crippen MR) is 105 cm³/mol. The predicted octanol–water partition coefficient (Wildman–Crippen LogP) is 4.00. The normalized spacial score (nSPS) is 17.1. The van der Waals surface area contributed by atoms with Crippen molar-refractivity contribution in [3.63, 3.8) is 0 Å². The second-order valence-electron chi connectivity index (χ2n) is 6.87. The van der Waals surface area contributed by atoms with Crippen LogP contribution < -0.4 is 0 Å². The van der Waals surface area contributed by atoms with Crippen molar-refractivity contribution in [1.82, 2.24) is 19.4 Å². The summed E-state index contributed by atoms with van der Waals surface area (Å²) in [6.07, 6.45) is 9.46. The zero-order chi connectivity index (χ0) is 18.6. The van der Waals surface area contributed by atoms with E-state index in [0.29, 0.717) is 17.1 Å². The number of aromatic nitrogens is 3. The van der Waals surface area contributed by atoms with Crippen molar-refractivity contribution in [2.45, 2.75) is 25.3 Å². The highest BCUT2D eigenvalue weighted by atomic mass is 35.5. The van der Waals surface area contributed by atoms with E-state index in [0.717, 1.165) is 31.8 Å². The molecule has 0 unspecified atom stereocenters. The Kier molecular flexibility index (Phi) is 5.21. The summed E-state index contributed by atoms with van der Waals surface area (Å²) < 4.78 is 2.17. The number of benzene rings is 1. The van der Waals surface area contributed by atoms with Gasteiger partial charge in [0.1, 0.15) is 5.82 Å². The molecular formula is C21H21ClN4O. The van der Waals surface area contributed by atoms with E-state index in [1.54, 1.807) is 24.5 Å². The Morgan fingerprint density at radius 1 is 1.19 bits per heavy atom. The molecule has 4 rings (SSSR count). The summed E-state index contributed by atoms with van der Waals surface area (Å²) in [6.45, 7) is 2.21. The number of imidazole rings is 1. The Morgan fingerprint density at radius 3 is 2.85 bits per heavy atom. The molecule has 1 atom stereocenters. The average Bonchev–Trinajstić information content (AvgIpc) is 3.16. The van der Waals surface area contributed by atoms with Crippen LogP contribution in [0.4, 0.5) is 0 Å². The molecule has 0 N–H and O–H groups in total. The lowest BCUT2D eigenvalue weighted by Crippen LogP contribution is -2.39. The molecule has 1 aliphatic rings. The number of pyridine rings is 1. The molecule has 1 amide bonds. The summed E-state index contributed by atoms with van der Waals surface area (Å²) in [5.74, 6) is 1.31. The molecule has 0 bridgehead atoms. The largest absolute Gasteiger partial charge is 0.338 e. The van der Waals surface area contributed by atoms with Crippen molar-refractivity contribution in [3.05, 3.63) is 83.2 Å². The van der Waals surface area contributed by atoms with Gasteiger partial charge < -0.3 is 9.47 Å². The number of nitrogens with zero attached hydrogens (tertiary/aromatic N) is 4. The van der Waals surface area contributed by atoms with Crippen LogP contribution in [-0.4, -0.2) is 38.4 Å². The number of rotatable bonds is 4. The first-order valence-corrected chi connectivity index (χ1v) is 9.53. The number of carbonyl (C=O) groups is 1. The van der Waals surface area contributed by atoms with E-state index in [9.17, 15) is 4.79 Å². The number of hydrogen-bond acceptors (Lipinski definition) is 3. The topological polar surface area (TPSA) is 51.0 Å². The van der Waals surface area contributed by atoms with Gasteiger partial charge in [0, 0.05) is 60.9 Å². The van der Waals surface area contributed by atoms with Crippen LogP contribution in [0, 0.1) is 0 Å². The molecule has 0 radical (unpaired) electrons. The van der Waals surface area contributed by atoms with Crippen LogP contribution >= 0.6 is 11.6 Å². The summed E-state index contributed by atoms with van der Waals surface area (Å²) in [5.41, 5.74) is 1.83. The lowest BCUT2D eigenvalue weighted by Gasteiger charge is -2.33. The quantitative estimate of drug-likeness (QED) is 0.687. The van der Waals surface area contributed by atoms with Gasteiger partial charge >= 0.3 is 0 Å². The lowest BCUT2D eigenvalue weighted by atomic mass is 9.96. The zero-order valence-corrected chi connectivity index (χ0v) is 15.7. The SMILES string of the molecule is O=C(c1cccc(Cl)c1)N1CCC[C@H](c2nccn2Cc2ccncc2)C1. The van der Waals surface area contributed by atoms with Gasteiger partial charge in [0.2, 0.25) is 0 Å². The summed E-state index contributed by atoms with van der Waals surface area (Å²) in [6, 6.07) is 11.2. The summed E-state index contributed by atoms with van der Waals surface area (Å²) in [5, 5.41) is 0.585. The van der Waals surface area contributed by atoms with Gasteiger partial charge in [0.05, 0.1) is 0 Å². The van der Waals surface area contributed by atoms with Crippen LogP contribution in [0.25, 0.3) is 0 Å². The smallest absolute Gasteiger partial charge is 0.253 e. The molecule has 1 fully saturated rings. The minimum atomic E-state index is 0.0365. The molecule has 0 aliphatic carbocycles. The van der Waals surface area contributed by atoms with E-state index < -0.39 is 0 Å². The fraction of sp³-hybridized carbons (Fsp3) is 0.286. The third-order valence-corrected chi connectivity index (χ3v) is 5.23. The second-order valence-corrected chi connectivity index (χ2v) is 7.31. The second kappa shape index (κ2) is 7.92. The van der Waals surface area contributed by atoms with Gasteiger partial charge in [-0.2, -0.15) is 0 Å². The molecule has 27 heavy (non-hydrogen) atoms. The molecule has 1 saturated heterocycles. The number of likely N-dealkylation sites (tertiary alicyclic amines) is 1. The first-order chi connectivity index (χ1) is 13.2. The van der Waals surface area contributed by atoms with Crippen molar-refractivity contribution >= 4 is 17.5 Å². The van der Waals surface area contributed by atoms with Crippen molar-refractivity contribution < 1.29 is 4.79 Å². The number of carbonyl (C=O) groups excluding carboxylic acids is 1. The van der Waals surface area contributed by atoms with Crippen molar-refractivity contribution in [1.29, 1.82) is 0 Å². The Labute approximate surface area is 163 Å². The minimum absolute atomic E-state index is 0.0365. The monoisotopic (exact) mass is 380 g/mol. The van der Waals surface area contributed by atoms with Crippen molar-refractivity contribution in [3.8, 4) is 0 Å². The van der Waals surface area contributed by atoms with Gasteiger partial charge in [-0.25, -0.2) is 4.98 Å². The summed E-state index contributed by atoms with van der Waals surface area (Å²) in [7, 11) is 0. The van der Waals surface area contributed by atoms with Crippen LogP contribution in [0.15, 0.2) is 61.2 Å². The fourth-order valence-electron chi connectivity index (χ4n) is 3.68. The van der Waals surface area contributed by atoms with E-state index in [2.05, 4.69) is 14.5 Å². The first-order valence-electron chi connectivity index (χ1n) is 9.15. The number of halogens is 1. The van der Waals surface area contributed by atoms with Crippen LogP contribution in [0.1, 0.15) is 40.5 Å². The zero-order valence-electron chi connectivity index (χ0n) is 15.0. The van der Waals surface area contributed by atoms with Gasteiger partial charge in [-0.1, -0.05) is 17.7 Å². The van der Waals surface area contributed by atoms with E-state index in [1.807, 2.05) is 41.6 Å². The maximum Gasteiger partial charge on any atom is 0.253 e. The van der Waals surface area contributed by atoms with Crippen LogP contribution in [-0.2, 0) is 6.54 Å². The maximum atomic E-state index is 12.9. The van der Waals surface area contributed by atoms with Crippen molar-refractivity contribution in [2.24, 2.45) is 0 Å². The molecule has 6 heteroatoms. The van der Waals surface area contributed by atoms with Crippen molar-refractivity contribution in [2.75, 3.05) is 13.1 Å². The van der Waals surface area contributed by atoms with Crippen LogP contribution in [0.3, 0.4) is 0 Å². The molecule has 2 aromatic heterocycles. The molecule has 5 nitrogen and oxygen atoms in total. The number of amides is 1. The minimum Gasteiger partial charge on any atom is -0.338 e. The third-order valence-electron chi connectivity index (χ3n) is 5.00. The molecule has 138 valence electrons. The highest BCUT2D eigenvalue weighted by molar-refractivity contribution is 6.30. The maximum absolute atomic E-state index is 12.9. The van der Waals surface area contributed by atoms with Gasteiger partial charge in [-0.3, -0.25) is 9.78 Å². The Hall–Kier alpha value is -2.66. The lowest BCUT2D eigenvalue weighted by molar-refractivity contribution is 0.0703. The number of piperidine rings is 1. The fourth-order valence-corrected chi connectivity index (χ4v) is 3.87. The van der Waals surface area contributed by atoms with Crippen LogP contribution in [0.5, 0.6) is 0 Å². The van der Waals surface area contributed by atoms with Gasteiger partial charge in [-0.15, -0.1) is 0 Å². The van der Waals surface area contributed by atoms with E-state index in [-0.39, 0.29) is 11.8 Å². The Morgan fingerprint density at radius 2 is 2.04 bits per heavy atom. The summed E-state index contributed by atoms with van der Waals surface area (Å²) >= 11 is 6.05. The molecule has 0 spiro atoms. The van der Waals surface area contributed by atoms with E-state index >= 15 is 0 Å². The van der Waals surface area contributed by atoms with Crippen LogP contribution in [0.2, 0.25) is 5.02 Å². The molecule has 1 aliphatic heterocycles. The molecule has 3 aromatic rings. The summed E-state index contributed by atoms with van der Waals surface area (Å²) in [4.78, 5) is 23.5. The molecular weight excluding hydrogens is 360 g/mol. The standard InChI is InChI=1S/C21H21ClN4O/c22-19-5-1-3-17(13-19)21(27)26-11-2-4-18(15-26)20-24-10-12-25(20)14-16-6-8-23-9-7-16/h1,3,5-10,12-13,18H,2,4,11,14-15H2/t18-/m0/s1. The number of hydrogen-bond donors (Lipinski definition) is 0. The van der Waals surface area contributed by atoms with E-state index in [4.69, 9.17) is 11.6 Å². The molecule has 0 saturated carbocycles. The average molecular weight is 381 g/mol.